The van der Waals surface area contributed by atoms with Gasteiger partial charge in [-0.05, 0) is 65.2 Å². The molecule has 0 aliphatic carbocycles. The van der Waals surface area contributed by atoms with Crippen molar-refractivity contribution >= 4 is 17.6 Å². The van der Waals surface area contributed by atoms with Crippen molar-refractivity contribution in [3.8, 4) is 17.2 Å². The topological polar surface area (TPSA) is 73.7 Å². The molecule has 0 aliphatic heterocycles. The van der Waals surface area contributed by atoms with E-state index in [0.29, 0.717) is 42.4 Å². The van der Waals surface area contributed by atoms with Gasteiger partial charge in [0.1, 0.15) is 17.2 Å². The number of anilines is 3. The third-order valence-electron chi connectivity index (χ3n) is 7.04. The summed E-state index contributed by atoms with van der Waals surface area (Å²) in [6.07, 6.45) is -4.86. The van der Waals surface area contributed by atoms with Crippen LogP contribution in [0.4, 0.5) is 35.1 Å². The summed E-state index contributed by atoms with van der Waals surface area (Å²) in [5.74, 6) is 1.00. The van der Waals surface area contributed by atoms with E-state index in [9.17, 15) is 17.6 Å². The molecule has 45 heavy (non-hydrogen) atoms. The monoisotopic (exact) mass is 621 g/mol. The number of nitrogens with zero attached hydrogens (tertiary/aromatic N) is 4. The average Bonchev–Trinajstić information content (AvgIpc) is 3.44. The van der Waals surface area contributed by atoms with Crippen molar-refractivity contribution in [2.45, 2.75) is 25.8 Å². The summed E-state index contributed by atoms with van der Waals surface area (Å²) in [7, 11) is 4.76. The first-order chi connectivity index (χ1) is 21.7. The molecule has 5 rings (SSSR count). The average molecular weight is 622 g/mol. The van der Waals surface area contributed by atoms with Crippen LogP contribution in [0, 0.1) is 5.82 Å². The van der Waals surface area contributed by atoms with Gasteiger partial charge in [0.2, 0.25) is 11.9 Å². The van der Waals surface area contributed by atoms with Gasteiger partial charge in [0.05, 0.1) is 39.1 Å². The molecule has 0 saturated heterocycles. The fourth-order valence-corrected chi connectivity index (χ4v) is 4.70. The molecule has 0 radical (unpaired) electrons. The number of hydrogen-bond donors (Lipinski definition) is 1. The van der Waals surface area contributed by atoms with Gasteiger partial charge in [-0.1, -0.05) is 42.5 Å². The van der Waals surface area contributed by atoms with Crippen molar-refractivity contribution in [2.24, 2.45) is 0 Å². The number of alkyl halides is 3. The smallest absolute Gasteiger partial charge is 0.419 e. The molecule has 234 valence electrons. The van der Waals surface area contributed by atoms with E-state index in [4.69, 9.17) is 14.2 Å². The van der Waals surface area contributed by atoms with Crippen LogP contribution in [0.1, 0.15) is 22.3 Å². The van der Waals surface area contributed by atoms with Gasteiger partial charge in [-0.15, -0.1) is 5.10 Å². The largest absolute Gasteiger partial charge is 0.497 e. The standard InChI is InChI=1S/C33H31F4N5O3/c1-43-25-13-7-22(8-14-25)19-41(20-23-9-15-26(44-2)16-10-23)32-39-31(38-29-6-4-5-28(30(29)34)33(35,36)37)40-42(32)21-24-11-17-27(45-3)18-12-24/h4-18H,19-21H2,1-3H3,(H,38,40). The molecule has 0 fully saturated rings. The molecule has 5 aromatic rings. The Hall–Kier alpha value is -5.26. The number of aromatic nitrogens is 3. The first-order valence-electron chi connectivity index (χ1n) is 13.9. The van der Waals surface area contributed by atoms with E-state index >= 15 is 0 Å². The number of hydrogen-bond acceptors (Lipinski definition) is 7. The SMILES string of the molecule is COc1ccc(CN(Cc2ccc(OC)cc2)c2nc(Nc3cccc(C(F)(F)F)c3F)nn2Cc2ccc(OC)cc2)cc1. The van der Waals surface area contributed by atoms with Gasteiger partial charge in [-0.25, -0.2) is 9.07 Å². The van der Waals surface area contributed by atoms with Crippen molar-refractivity contribution < 1.29 is 31.8 Å². The van der Waals surface area contributed by atoms with E-state index in [2.05, 4.69) is 15.4 Å². The Morgan fingerprint density at radius 3 is 1.67 bits per heavy atom. The molecular weight excluding hydrogens is 590 g/mol. The van der Waals surface area contributed by atoms with Crippen LogP contribution in [0.5, 0.6) is 17.2 Å². The Bertz CT molecular complexity index is 1660. The highest BCUT2D eigenvalue weighted by molar-refractivity contribution is 5.57. The lowest BCUT2D eigenvalue weighted by Gasteiger charge is -2.24. The minimum atomic E-state index is -4.86. The van der Waals surface area contributed by atoms with Crippen molar-refractivity contribution in [3.05, 3.63) is 119 Å². The van der Waals surface area contributed by atoms with E-state index in [1.165, 1.54) is 6.07 Å². The zero-order valence-corrected chi connectivity index (χ0v) is 24.8. The first kappa shape index (κ1) is 31.2. The maximum absolute atomic E-state index is 14.9. The zero-order valence-electron chi connectivity index (χ0n) is 24.8. The molecule has 4 aromatic carbocycles. The molecule has 0 saturated carbocycles. The number of benzene rings is 4. The lowest BCUT2D eigenvalue weighted by atomic mass is 10.1. The number of rotatable bonds is 12. The van der Waals surface area contributed by atoms with Crippen LogP contribution in [0.2, 0.25) is 0 Å². The Balaban J connectivity index is 1.56. The summed E-state index contributed by atoms with van der Waals surface area (Å²) >= 11 is 0. The van der Waals surface area contributed by atoms with Gasteiger partial charge in [0.25, 0.3) is 0 Å². The minimum absolute atomic E-state index is 0.0637. The molecule has 0 unspecified atom stereocenters. The maximum Gasteiger partial charge on any atom is 0.419 e. The number of halogens is 4. The molecule has 12 heteroatoms. The van der Waals surface area contributed by atoms with Crippen molar-refractivity contribution in [1.29, 1.82) is 0 Å². The molecule has 1 aromatic heterocycles. The van der Waals surface area contributed by atoms with Crippen molar-refractivity contribution in [1.82, 2.24) is 14.8 Å². The van der Waals surface area contributed by atoms with E-state index in [-0.39, 0.29) is 12.5 Å². The Labute approximate surface area is 257 Å². The molecule has 0 amide bonds. The highest BCUT2D eigenvalue weighted by atomic mass is 19.4. The zero-order chi connectivity index (χ0) is 32.0. The van der Waals surface area contributed by atoms with Crippen LogP contribution < -0.4 is 24.4 Å². The summed E-state index contributed by atoms with van der Waals surface area (Å²) < 4.78 is 72.7. The van der Waals surface area contributed by atoms with Crippen LogP contribution in [0.15, 0.2) is 91.0 Å². The predicted molar refractivity (Wildman–Crippen MR) is 163 cm³/mol. The van der Waals surface area contributed by atoms with Crippen LogP contribution in [-0.4, -0.2) is 36.1 Å². The van der Waals surface area contributed by atoms with Crippen LogP contribution in [-0.2, 0) is 25.8 Å². The van der Waals surface area contributed by atoms with Gasteiger partial charge in [-0.3, -0.25) is 0 Å². The third-order valence-corrected chi connectivity index (χ3v) is 7.04. The van der Waals surface area contributed by atoms with Crippen LogP contribution in [0.3, 0.4) is 0 Å². The second kappa shape index (κ2) is 13.6. The van der Waals surface area contributed by atoms with E-state index < -0.39 is 23.2 Å². The first-order valence-corrected chi connectivity index (χ1v) is 13.9. The van der Waals surface area contributed by atoms with E-state index in [1.54, 1.807) is 26.0 Å². The Morgan fingerprint density at radius 1 is 0.711 bits per heavy atom. The molecular formula is C33H31F4N5O3. The summed E-state index contributed by atoms with van der Waals surface area (Å²) in [6, 6.07) is 25.5. The van der Waals surface area contributed by atoms with Gasteiger partial charge < -0.3 is 24.4 Å². The summed E-state index contributed by atoms with van der Waals surface area (Å²) in [6.45, 7) is 1.06. The highest BCUT2D eigenvalue weighted by Crippen LogP contribution is 2.35. The lowest BCUT2D eigenvalue weighted by Crippen LogP contribution is -2.26. The van der Waals surface area contributed by atoms with Crippen molar-refractivity contribution in [2.75, 3.05) is 31.5 Å². The molecule has 0 spiro atoms. The van der Waals surface area contributed by atoms with Gasteiger partial charge in [0.15, 0.2) is 5.82 Å². The molecule has 0 aliphatic rings. The fraction of sp³-hybridized carbons (Fsp3) is 0.212. The van der Waals surface area contributed by atoms with Gasteiger partial charge in [0, 0.05) is 13.1 Å². The Morgan fingerprint density at radius 2 is 1.20 bits per heavy atom. The van der Waals surface area contributed by atoms with E-state index in [0.717, 1.165) is 22.8 Å². The molecule has 0 bridgehead atoms. The molecule has 0 atom stereocenters. The third kappa shape index (κ3) is 7.64. The number of nitrogens with one attached hydrogen (secondary N) is 1. The minimum Gasteiger partial charge on any atom is -0.497 e. The van der Waals surface area contributed by atoms with Crippen molar-refractivity contribution in [3.63, 3.8) is 0 Å². The summed E-state index contributed by atoms with van der Waals surface area (Å²) in [4.78, 5) is 6.65. The summed E-state index contributed by atoms with van der Waals surface area (Å²) in [5.41, 5.74) is 0.983. The molecule has 1 heterocycles. The van der Waals surface area contributed by atoms with Gasteiger partial charge in [-0.2, -0.15) is 18.2 Å². The second-order valence-electron chi connectivity index (χ2n) is 10.1. The molecule has 8 nitrogen and oxygen atoms in total. The fourth-order valence-electron chi connectivity index (χ4n) is 4.70. The lowest BCUT2D eigenvalue weighted by molar-refractivity contribution is -0.139. The summed E-state index contributed by atoms with van der Waals surface area (Å²) in [5, 5.41) is 7.23. The normalized spacial score (nSPS) is 11.3. The number of methoxy groups -OCH3 is 3. The Kier molecular flexibility index (Phi) is 9.41. The maximum atomic E-state index is 14.9. The predicted octanol–water partition coefficient (Wildman–Crippen LogP) is 7.46. The highest BCUT2D eigenvalue weighted by Gasteiger charge is 2.35. The second-order valence-corrected chi connectivity index (χ2v) is 10.1. The number of ether oxygens (including phenoxy) is 3. The van der Waals surface area contributed by atoms with E-state index in [1.807, 2.05) is 77.7 Å². The molecule has 1 N–H and O–H groups in total. The van der Waals surface area contributed by atoms with Gasteiger partial charge >= 0.3 is 6.18 Å². The quantitative estimate of drug-likeness (QED) is 0.145. The van der Waals surface area contributed by atoms with Crippen LogP contribution in [0.25, 0.3) is 0 Å². The van der Waals surface area contributed by atoms with Crippen LogP contribution >= 0.6 is 0 Å².